The first-order valence-corrected chi connectivity index (χ1v) is 6.89. The first-order chi connectivity index (χ1) is 12.1. The Morgan fingerprint density at radius 3 is 0.967 bits per heavy atom. The molecule has 0 aromatic heterocycles. The maximum atomic E-state index is 12.5. The molecule has 4 N–H and O–H groups in total. The van der Waals surface area contributed by atoms with Crippen molar-refractivity contribution >= 4 is 105 Å². The number of carboxylic acid groups (broad SMARTS) is 4. The molecule has 0 saturated carbocycles. The Hall–Kier alpha value is -1.62. The summed E-state index contributed by atoms with van der Waals surface area (Å²) >= 11 is 0. The first kappa shape index (κ1) is 33.0. The molecule has 136 valence electrons. The zero-order valence-electron chi connectivity index (χ0n) is 16.8. The largest absolute Gasteiger partial charge is 0.478 e. The molecule has 0 spiro atoms. The van der Waals surface area contributed by atoms with E-state index in [1.54, 1.807) is 0 Å². The second-order valence-corrected chi connectivity index (χ2v) is 5.07. The molecule has 2 aromatic rings. The molecule has 30 heavy (non-hydrogen) atoms. The van der Waals surface area contributed by atoms with Gasteiger partial charge in [0.15, 0.2) is 5.78 Å². The number of hydrogen-bond acceptors (Lipinski definition) is 5. The van der Waals surface area contributed by atoms with Crippen LogP contribution in [0.15, 0.2) is 36.4 Å². The van der Waals surface area contributed by atoms with Crippen LogP contribution in [-0.4, -0.2) is 126 Å². The average Bonchev–Trinajstić information content (AvgIpc) is 2.59. The number of aromatic carboxylic acids is 4. The van der Waals surface area contributed by atoms with Gasteiger partial charge >= 0.3 is 23.9 Å². The fourth-order valence-corrected chi connectivity index (χ4v) is 2.26. The number of carbonyl (C=O) groups excluding carboxylic acids is 1. The van der Waals surface area contributed by atoms with Crippen molar-refractivity contribution < 1.29 is 44.4 Å². The third-order valence-electron chi connectivity index (χ3n) is 3.49. The number of benzene rings is 2. The van der Waals surface area contributed by atoms with E-state index >= 15 is 0 Å². The minimum atomic E-state index is -1.55. The van der Waals surface area contributed by atoms with Gasteiger partial charge in [-0.05, 0) is 24.3 Å². The van der Waals surface area contributed by atoms with Crippen molar-refractivity contribution in [1.82, 2.24) is 0 Å². The molecule has 2 aromatic carbocycles. The van der Waals surface area contributed by atoms with Gasteiger partial charge in [-0.3, -0.25) is 4.79 Å². The molecule has 0 aliphatic heterocycles. The minimum absolute atomic E-state index is 0. The zero-order valence-corrected chi connectivity index (χ0v) is 16.8. The van der Waals surface area contributed by atoms with Gasteiger partial charge in [-0.1, -0.05) is 12.1 Å². The number of ketones is 1. The summed E-state index contributed by atoms with van der Waals surface area (Å²) in [5.41, 5.74) is -2.62. The summed E-state index contributed by atoms with van der Waals surface area (Å²) in [6.07, 6.45) is 0. The SMILES string of the molecule is O=C(c1ccc(C(=O)O)c(C(=O)O)c1)c1ccc(C(=O)O)c(C(=O)O)c1.[Li].[Li].[Li].[Li]. The van der Waals surface area contributed by atoms with Crippen molar-refractivity contribution in [2.45, 2.75) is 0 Å². The summed E-state index contributed by atoms with van der Waals surface area (Å²) < 4.78 is 0. The van der Waals surface area contributed by atoms with Gasteiger partial charge < -0.3 is 20.4 Å². The van der Waals surface area contributed by atoms with Gasteiger partial charge in [0, 0.05) is 86.6 Å². The van der Waals surface area contributed by atoms with Gasteiger partial charge in [-0.25, -0.2) is 19.2 Å². The second-order valence-electron chi connectivity index (χ2n) is 5.07. The van der Waals surface area contributed by atoms with Crippen LogP contribution in [0.1, 0.15) is 57.4 Å². The number of carbonyl (C=O) groups is 5. The van der Waals surface area contributed by atoms with Crippen LogP contribution in [0.25, 0.3) is 0 Å². The van der Waals surface area contributed by atoms with Crippen LogP contribution in [0.5, 0.6) is 0 Å². The monoisotopic (exact) mass is 386 g/mol. The maximum Gasteiger partial charge on any atom is 0.336 e. The molecule has 0 aliphatic rings. The quantitative estimate of drug-likeness (QED) is 0.400. The molecule has 0 saturated heterocycles. The molecule has 9 nitrogen and oxygen atoms in total. The molecule has 0 aliphatic carbocycles. The third kappa shape index (κ3) is 7.26. The van der Waals surface area contributed by atoms with Crippen LogP contribution in [-0.2, 0) is 0 Å². The van der Waals surface area contributed by atoms with Crippen LogP contribution >= 0.6 is 0 Å². The van der Waals surface area contributed by atoms with Crippen molar-refractivity contribution in [2.75, 3.05) is 0 Å². The molecule has 0 heterocycles. The minimum Gasteiger partial charge on any atom is -0.478 e. The second kappa shape index (κ2) is 13.6. The van der Waals surface area contributed by atoms with E-state index in [4.69, 9.17) is 20.4 Å². The van der Waals surface area contributed by atoms with E-state index in [-0.39, 0.29) is 86.6 Å². The molecule has 0 fully saturated rings. The van der Waals surface area contributed by atoms with Crippen molar-refractivity contribution in [3.63, 3.8) is 0 Å². The third-order valence-corrected chi connectivity index (χ3v) is 3.49. The molecular weight excluding hydrogens is 376 g/mol. The van der Waals surface area contributed by atoms with E-state index in [9.17, 15) is 24.0 Å². The summed E-state index contributed by atoms with van der Waals surface area (Å²) in [5, 5.41) is 36.1. The molecule has 4 radical (unpaired) electrons. The summed E-state index contributed by atoms with van der Waals surface area (Å²) in [7, 11) is 0. The summed E-state index contributed by atoms with van der Waals surface area (Å²) in [5.74, 6) is -6.86. The molecule has 0 bridgehead atoms. The van der Waals surface area contributed by atoms with Crippen molar-refractivity contribution in [2.24, 2.45) is 0 Å². The summed E-state index contributed by atoms with van der Waals surface area (Å²) in [4.78, 5) is 56.9. The molecule has 2 rings (SSSR count). The Kier molecular flexibility index (Phi) is 15.0. The fraction of sp³-hybridized carbons (Fsp3) is 0. The Morgan fingerprint density at radius 2 is 0.733 bits per heavy atom. The topological polar surface area (TPSA) is 166 Å². The molecule has 0 unspecified atom stereocenters. The van der Waals surface area contributed by atoms with E-state index < -0.39 is 51.9 Å². The Bertz CT molecular complexity index is 912. The summed E-state index contributed by atoms with van der Waals surface area (Å²) in [6.45, 7) is 0. The first-order valence-electron chi connectivity index (χ1n) is 6.89. The predicted molar refractivity (Wildman–Crippen MR) is 107 cm³/mol. The zero-order chi connectivity index (χ0) is 19.6. The maximum absolute atomic E-state index is 12.5. The van der Waals surface area contributed by atoms with Gasteiger partial charge in [-0.2, -0.15) is 0 Å². The molecule has 13 heteroatoms. The van der Waals surface area contributed by atoms with Crippen LogP contribution in [0, 0.1) is 0 Å². The smallest absolute Gasteiger partial charge is 0.336 e. The van der Waals surface area contributed by atoms with Gasteiger partial charge in [0.05, 0.1) is 22.3 Å². The van der Waals surface area contributed by atoms with E-state index in [2.05, 4.69) is 0 Å². The van der Waals surface area contributed by atoms with Gasteiger partial charge in [0.25, 0.3) is 0 Å². The van der Waals surface area contributed by atoms with Gasteiger partial charge in [0.2, 0.25) is 0 Å². The predicted octanol–water partition coefficient (Wildman–Crippen LogP) is 0.187. The number of rotatable bonds is 6. The van der Waals surface area contributed by atoms with Crippen molar-refractivity contribution in [3.05, 3.63) is 69.8 Å². The Balaban J connectivity index is -0.00000182. The normalized spacial score (nSPS) is 8.80. The molecule has 0 amide bonds. The van der Waals surface area contributed by atoms with Crippen LogP contribution in [0.3, 0.4) is 0 Å². The Labute approximate surface area is 217 Å². The van der Waals surface area contributed by atoms with Crippen LogP contribution in [0.2, 0.25) is 0 Å². The van der Waals surface area contributed by atoms with E-state index in [0.29, 0.717) is 0 Å². The fourth-order valence-electron chi connectivity index (χ4n) is 2.26. The Morgan fingerprint density at radius 1 is 0.467 bits per heavy atom. The van der Waals surface area contributed by atoms with E-state index in [1.165, 1.54) is 0 Å². The van der Waals surface area contributed by atoms with E-state index in [0.717, 1.165) is 36.4 Å². The average molecular weight is 386 g/mol. The van der Waals surface area contributed by atoms with Crippen LogP contribution < -0.4 is 0 Å². The van der Waals surface area contributed by atoms with Gasteiger partial charge in [-0.15, -0.1) is 0 Å². The van der Waals surface area contributed by atoms with Crippen molar-refractivity contribution in [3.8, 4) is 0 Å². The number of carboxylic acids is 4. The summed E-state index contributed by atoms with van der Waals surface area (Å²) in [6, 6.07) is 5.79. The van der Waals surface area contributed by atoms with Crippen molar-refractivity contribution in [1.29, 1.82) is 0 Å². The standard InChI is InChI=1S/C17H10O9.4Li/c18-13(7-1-3-9(14(19)20)11(5-7)16(23)24)8-2-4-10(15(21)22)12(6-8)17(25)26;;;;/h1-6H,(H,19,20)(H,21,22)(H,23,24)(H,25,26);;;;. The van der Waals surface area contributed by atoms with E-state index in [1.807, 2.05) is 0 Å². The van der Waals surface area contributed by atoms with Crippen LogP contribution in [0.4, 0.5) is 0 Å². The van der Waals surface area contributed by atoms with Gasteiger partial charge in [0.1, 0.15) is 0 Å². The number of hydrogen-bond donors (Lipinski definition) is 4. The molecular formula is C17H10Li4O9. The molecule has 0 atom stereocenters.